The first kappa shape index (κ1) is 21.4. The number of ether oxygens (including phenoxy) is 2. The molecule has 2 aliphatic rings. The van der Waals surface area contributed by atoms with Gasteiger partial charge in [0.1, 0.15) is 5.75 Å². The molecular weight excluding hydrogens is 395 g/mol. The number of fused-ring (bicyclic) bond motifs is 1. The number of para-hydroxylation sites is 1. The highest BCUT2D eigenvalue weighted by Gasteiger charge is 2.47. The van der Waals surface area contributed by atoms with Gasteiger partial charge in [0, 0.05) is 31.6 Å². The molecule has 0 saturated carbocycles. The maximum Gasteiger partial charge on any atom is 0.257 e. The van der Waals surface area contributed by atoms with E-state index in [9.17, 15) is 9.18 Å². The van der Waals surface area contributed by atoms with Crippen molar-refractivity contribution in [2.45, 2.75) is 6.04 Å². The normalized spacial score (nSPS) is 23.4. The predicted octanol–water partition coefficient (Wildman–Crippen LogP) is 3.64. The van der Waals surface area contributed by atoms with Gasteiger partial charge in [-0.05, 0) is 42.8 Å². The number of hydrogen-bond donors (Lipinski definition) is 0. The Bertz CT molecular complexity index is 877. The summed E-state index contributed by atoms with van der Waals surface area (Å²) in [5.41, 5.74) is 1.52. The van der Waals surface area contributed by atoms with E-state index < -0.39 is 5.82 Å². The van der Waals surface area contributed by atoms with Gasteiger partial charge < -0.3 is 14.4 Å². The first-order valence-electron chi connectivity index (χ1n) is 9.49. The van der Waals surface area contributed by atoms with Crippen LogP contribution in [0, 0.1) is 17.7 Å². The zero-order chi connectivity index (χ0) is 19.8. The molecule has 0 spiro atoms. The van der Waals surface area contributed by atoms with E-state index in [1.807, 2.05) is 17.0 Å². The van der Waals surface area contributed by atoms with E-state index in [-0.39, 0.29) is 35.7 Å². The lowest BCUT2D eigenvalue weighted by atomic mass is 9.89. The van der Waals surface area contributed by atoms with Crippen LogP contribution in [0.25, 0.3) is 0 Å². The largest absolute Gasteiger partial charge is 0.497 e. The Hall–Kier alpha value is -2.31. The molecular formula is C22H26ClFN2O3. The Morgan fingerprint density at radius 1 is 1.03 bits per heavy atom. The zero-order valence-electron chi connectivity index (χ0n) is 16.8. The van der Waals surface area contributed by atoms with Crippen LogP contribution >= 0.6 is 12.4 Å². The van der Waals surface area contributed by atoms with Crippen molar-refractivity contribution in [1.82, 2.24) is 9.80 Å². The van der Waals surface area contributed by atoms with Crippen molar-refractivity contribution < 1.29 is 18.7 Å². The number of halogens is 2. The summed E-state index contributed by atoms with van der Waals surface area (Å²) in [6.45, 7) is 2.27. The van der Waals surface area contributed by atoms with Gasteiger partial charge >= 0.3 is 0 Å². The van der Waals surface area contributed by atoms with Crippen LogP contribution in [0.2, 0.25) is 0 Å². The number of benzene rings is 2. The SMILES string of the molecule is COc1ccc([C@H]2[C@@H]3CN(C(=O)c4cccc(F)c4OC)C[C@@H]3CN2C)cc1.Cl. The third-order valence-electron chi connectivity index (χ3n) is 6.04. The molecule has 2 aliphatic heterocycles. The lowest BCUT2D eigenvalue weighted by molar-refractivity contribution is 0.0763. The maximum atomic E-state index is 14.0. The maximum absolute atomic E-state index is 14.0. The molecule has 0 unspecified atom stereocenters. The summed E-state index contributed by atoms with van der Waals surface area (Å²) in [5, 5.41) is 0. The van der Waals surface area contributed by atoms with Crippen LogP contribution in [0.15, 0.2) is 42.5 Å². The molecule has 0 N–H and O–H groups in total. The summed E-state index contributed by atoms with van der Waals surface area (Å²) < 4.78 is 24.4. The molecule has 0 aromatic heterocycles. The molecule has 29 heavy (non-hydrogen) atoms. The molecule has 3 atom stereocenters. The molecule has 2 heterocycles. The fraction of sp³-hybridized carbons (Fsp3) is 0.409. The lowest BCUT2D eigenvalue weighted by Crippen LogP contribution is -2.33. The van der Waals surface area contributed by atoms with Crippen LogP contribution in [-0.2, 0) is 0 Å². The highest BCUT2D eigenvalue weighted by molar-refractivity contribution is 5.97. The van der Waals surface area contributed by atoms with Crippen molar-refractivity contribution in [3.8, 4) is 11.5 Å². The van der Waals surface area contributed by atoms with Gasteiger partial charge in [-0.15, -0.1) is 12.4 Å². The second-order valence-corrected chi connectivity index (χ2v) is 7.61. The van der Waals surface area contributed by atoms with Gasteiger partial charge in [-0.2, -0.15) is 0 Å². The van der Waals surface area contributed by atoms with Gasteiger partial charge in [0.25, 0.3) is 5.91 Å². The van der Waals surface area contributed by atoms with Crippen LogP contribution in [0.4, 0.5) is 4.39 Å². The fourth-order valence-corrected chi connectivity index (χ4v) is 4.78. The van der Waals surface area contributed by atoms with Crippen molar-refractivity contribution in [1.29, 1.82) is 0 Å². The molecule has 0 bridgehead atoms. The highest BCUT2D eigenvalue weighted by atomic mass is 35.5. The number of hydrogen-bond acceptors (Lipinski definition) is 4. The van der Waals surface area contributed by atoms with E-state index >= 15 is 0 Å². The molecule has 0 radical (unpaired) electrons. The summed E-state index contributed by atoms with van der Waals surface area (Å²) in [6.07, 6.45) is 0. The van der Waals surface area contributed by atoms with E-state index in [0.29, 0.717) is 24.9 Å². The summed E-state index contributed by atoms with van der Waals surface area (Å²) in [6, 6.07) is 12.9. The summed E-state index contributed by atoms with van der Waals surface area (Å²) in [7, 11) is 5.19. The number of amides is 1. The monoisotopic (exact) mass is 420 g/mol. The van der Waals surface area contributed by atoms with Crippen molar-refractivity contribution >= 4 is 18.3 Å². The lowest BCUT2D eigenvalue weighted by Gasteiger charge is -2.27. The third kappa shape index (κ3) is 3.79. The smallest absolute Gasteiger partial charge is 0.257 e. The second kappa shape index (κ2) is 8.59. The number of carbonyl (C=O) groups is 1. The standard InChI is InChI=1S/C22H25FN2O3.ClH/c1-24-11-15-12-25(22(26)17-5-4-6-19(23)21(17)28-3)13-18(15)20(24)14-7-9-16(27-2)10-8-14;/h4-10,15,18,20H,11-13H2,1-3H3;1H/t15-,18+,20-;/m0./s1. The van der Waals surface area contributed by atoms with Crippen LogP contribution < -0.4 is 9.47 Å². The van der Waals surface area contributed by atoms with Crippen molar-refractivity contribution in [3.05, 3.63) is 59.4 Å². The Morgan fingerprint density at radius 3 is 2.41 bits per heavy atom. The summed E-state index contributed by atoms with van der Waals surface area (Å²) in [5.74, 6) is 0.934. The molecule has 1 amide bonds. The molecule has 2 fully saturated rings. The Balaban J connectivity index is 0.00000240. The van der Waals surface area contributed by atoms with E-state index in [0.717, 1.165) is 12.3 Å². The Labute approximate surface area is 176 Å². The van der Waals surface area contributed by atoms with Crippen molar-refractivity contribution in [3.63, 3.8) is 0 Å². The molecule has 5 nitrogen and oxygen atoms in total. The number of rotatable bonds is 4. The first-order chi connectivity index (χ1) is 13.5. The summed E-state index contributed by atoms with van der Waals surface area (Å²) >= 11 is 0. The molecule has 2 aromatic rings. The van der Waals surface area contributed by atoms with Crippen LogP contribution in [0.5, 0.6) is 11.5 Å². The van der Waals surface area contributed by atoms with E-state index in [1.165, 1.54) is 18.7 Å². The van der Waals surface area contributed by atoms with Crippen molar-refractivity contribution in [2.75, 3.05) is 40.9 Å². The molecule has 2 saturated heterocycles. The van der Waals surface area contributed by atoms with Gasteiger partial charge in [0.15, 0.2) is 11.6 Å². The number of methoxy groups -OCH3 is 2. The topological polar surface area (TPSA) is 42.0 Å². The minimum Gasteiger partial charge on any atom is -0.497 e. The average molecular weight is 421 g/mol. The molecule has 156 valence electrons. The van der Waals surface area contributed by atoms with Crippen LogP contribution in [-0.4, -0.2) is 56.6 Å². The van der Waals surface area contributed by atoms with Gasteiger partial charge in [-0.25, -0.2) is 4.39 Å². The number of carbonyl (C=O) groups excluding carboxylic acids is 1. The van der Waals surface area contributed by atoms with Gasteiger partial charge in [-0.3, -0.25) is 9.69 Å². The fourth-order valence-electron chi connectivity index (χ4n) is 4.78. The van der Waals surface area contributed by atoms with Gasteiger partial charge in [0.05, 0.1) is 19.8 Å². The van der Waals surface area contributed by atoms with E-state index in [1.54, 1.807) is 19.2 Å². The number of nitrogens with zero attached hydrogens (tertiary/aromatic N) is 2. The molecule has 4 rings (SSSR count). The van der Waals surface area contributed by atoms with E-state index in [4.69, 9.17) is 9.47 Å². The molecule has 2 aromatic carbocycles. The molecule has 0 aliphatic carbocycles. The zero-order valence-corrected chi connectivity index (χ0v) is 17.6. The predicted molar refractivity (Wildman–Crippen MR) is 111 cm³/mol. The van der Waals surface area contributed by atoms with E-state index in [2.05, 4.69) is 24.1 Å². The summed E-state index contributed by atoms with van der Waals surface area (Å²) in [4.78, 5) is 17.3. The van der Waals surface area contributed by atoms with Gasteiger partial charge in [-0.1, -0.05) is 18.2 Å². The highest BCUT2D eigenvalue weighted by Crippen LogP contribution is 2.44. The first-order valence-corrected chi connectivity index (χ1v) is 9.49. The Morgan fingerprint density at radius 2 is 1.76 bits per heavy atom. The van der Waals surface area contributed by atoms with Crippen molar-refractivity contribution in [2.24, 2.45) is 11.8 Å². The van der Waals surface area contributed by atoms with Gasteiger partial charge in [0.2, 0.25) is 0 Å². The average Bonchev–Trinajstić information content (AvgIpc) is 3.24. The molecule has 7 heteroatoms. The quantitative estimate of drug-likeness (QED) is 0.757. The Kier molecular flexibility index (Phi) is 6.34. The minimum atomic E-state index is -0.511. The minimum absolute atomic E-state index is 0. The third-order valence-corrected chi connectivity index (χ3v) is 6.04. The second-order valence-electron chi connectivity index (χ2n) is 7.61. The van der Waals surface area contributed by atoms with Crippen LogP contribution in [0.1, 0.15) is 22.0 Å². The van der Waals surface area contributed by atoms with Crippen LogP contribution in [0.3, 0.4) is 0 Å². The number of likely N-dealkylation sites (tertiary alicyclic amines) is 2.